The quantitative estimate of drug-likeness (QED) is 0.623. The van der Waals surface area contributed by atoms with Gasteiger partial charge < -0.3 is 9.16 Å². The van der Waals surface area contributed by atoms with Crippen LogP contribution in [0.1, 0.15) is 36.7 Å². The lowest BCUT2D eigenvalue weighted by atomic mass is 9.85. The topological polar surface area (TPSA) is 35.5 Å². The average molecular weight is 266 g/mol. The van der Waals surface area contributed by atoms with Crippen LogP contribution in [0.5, 0.6) is 5.75 Å². The second-order valence-corrected chi connectivity index (χ2v) is 7.92. The van der Waals surface area contributed by atoms with Crippen molar-refractivity contribution in [1.82, 2.24) is 0 Å². The average Bonchev–Trinajstić information content (AvgIpc) is 2.26. The van der Waals surface area contributed by atoms with Crippen LogP contribution in [-0.2, 0) is 10.2 Å². The SMILES string of the molecule is COC(=O)c1cccc(C(C)(C)C)c1O[SiH](C)C. The van der Waals surface area contributed by atoms with Gasteiger partial charge in [0.05, 0.1) is 7.11 Å². The molecule has 1 aromatic rings. The molecule has 0 unspecified atom stereocenters. The van der Waals surface area contributed by atoms with Gasteiger partial charge in [0.1, 0.15) is 11.3 Å². The Bertz CT molecular complexity index is 433. The minimum absolute atomic E-state index is 0.0668. The minimum Gasteiger partial charge on any atom is -0.546 e. The van der Waals surface area contributed by atoms with Gasteiger partial charge in [-0.2, -0.15) is 0 Å². The molecule has 0 bridgehead atoms. The van der Waals surface area contributed by atoms with Crippen molar-refractivity contribution in [1.29, 1.82) is 0 Å². The van der Waals surface area contributed by atoms with Crippen molar-refractivity contribution in [2.45, 2.75) is 39.3 Å². The Kier molecular flexibility index (Phi) is 4.57. The Labute approximate surface area is 111 Å². The molecular formula is C14H22O3Si. The number of benzene rings is 1. The van der Waals surface area contributed by atoms with Crippen LogP contribution in [0.2, 0.25) is 13.1 Å². The van der Waals surface area contributed by atoms with Gasteiger partial charge in [-0.05, 0) is 30.1 Å². The number of para-hydroxylation sites is 1. The van der Waals surface area contributed by atoms with Gasteiger partial charge in [0.15, 0.2) is 0 Å². The lowest BCUT2D eigenvalue weighted by Gasteiger charge is -2.25. The predicted molar refractivity (Wildman–Crippen MR) is 76.0 cm³/mol. The smallest absolute Gasteiger partial charge is 0.341 e. The molecule has 0 aliphatic heterocycles. The maximum Gasteiger partial charge on any atom is 0.341 e. The van der Waals surface area contributed by atoms with Crippen molar-refractivity contribution < 1.29 is 14.0 Å². The zero-order chi connectivity index (χ0) is 13.9. The van der Waals surface area contributed by atoms with E-state index < -0.39 is 9.04 Å². The van der Waals surface area contributed by atoms with Gasteiger partial charge >= 0.3 is 5.97 Å². The Balaban J connectivity index is 3.39. The summed E-state index contributed by atoms with van der Waals surface area (Å²) in [6, 6.07) is 5.65. The van der Waals surface area contributed by atoms with Crippen molar-refractivity contribution in [3.8, 4) is 5.75 Å². The van der Waals surface area contributed by atoms with E-state index in [1.807, 2.05) is 12.1 Å². The molecule has 0 atom stereocenters. The lowest BCUT2D eigenvalue weighted by molar-refractivity contribution is 0.0598. The maximum absolute atomic E-state index is 11.8. The molecule has 3 nitrogen and oxygen atoms in total. The van der Waals surface area contributed by atoms with Crippen LogP contribution in [0, 0.1) is 0 Å². The van der Waals surface area contributed by atoms with E-state index in [1.54, 1.807) is 6.07 Å². The third-order valence-electron chi connectivity index (χ3n) is 2.58. The maximum atomic E-state index is 11.8. The van der Waals surface area contributed by atoms with Crippen LogP contribution >= 0.6 is 0 Å². The second-order valence-electron chi connectivity index (χ2n) is 5.59. The van der Waals surface area contributed by atoms with Gasteiger partial charge in [-0.15, -0.1) is 0 Å². The summed E-state index contributed by atoms with van der Waals surface area (Å²) in [6.45, 7) is 10.5. The molecule has 4 heteroatoms. The van der Waals surface area contributed by atoms with Gasteiger partial charge in [0, 0.05) is 0 Å². The van der Waals surface area contributed by atoms with E-state index >= 15 is 0 Å². The molecule has 0 saturated carbocycles. The van der Waals surface area contributed by atoms with E-state index in [2.05, 4.69) is 33.9 Å². The first-order valence-electron chi connectivity index (χ1n) is 6.16. The molecule has 0 heterocycles. The van der Waals surface area contributed by atoms with Crippen molar-refractivity contribution in [2.75, 3.05) is 7.11 Å². The van der Waals surface area contributed by atoms with Gasteiger partial charge in [-0.25, -0.2) is 4.79 Å². The Morgan fingerprint density at radius 3 is 2.28 bits per heavy atom. The zero-order valence-electron chi connectivity index (χ0n) is 12.0. The summed E-state index contributed by atoms with van der Waals surface area (Å²) in [4.78, 5) is 11.8. The van der Waals surface area contributed by atoms with Gasteiger partial charge in [-0.1, -0.05) is 32.9 Å². The predicted octanol–water partition coefficient (Wildman–Crippen LogP) is 3.13. The number of ether oxygens (including phenoxy) is 1. The first-order valence-corrected chi connectivity index (χ1v) is 8.94. The summed E-state index contributed by atoms with van der Waals surface area (Å²) in [6.07, 6.45) is 0. The number of hydrogen-bond acceptors (Lipinski definition) is 3. The van der Waals surface area contributed by atoms with Crippen LogP contribution in [0.4, 0.5) is 0 Å². The molecule has 1 aromatic carbocycles. The summed E-state index contributed by atoms with van der Waals surface area (Å²) in [5, 5.41) is 0. The van der Waals surface area contributed by atoms with E-state index in [1.165, 1.54) is 7.11 Å². The molecule has 0 aliphatic rings. The highest BCUT2D eigenvalue weighted by molar-refractivity contribution is 6.49. The van der Waals surface area contributed by atoms with Crippen LogP contribution in [-0.4, -0.2) is 22.1 Å². The molecule has 0 aliphatic carbocycles. The molecule has 0 amide bonds. The third-order valence-corrected chi connectivity index (χ3v) is 3.29. The van der Waals surface area contributed by atoms with E-state index in [-0.39, 0.29) is 11.4 Å². The fourth-order valence-electron chi connectivity index (χ4n) is 1.76. The lowest BCUT2D eigenvalue weighted by Crippen LogP contribution is -2.21. The first kappa shape index (κ1) is 14.8. The van der Waals surface area contributed by atoms with Crippen molar-refractivity contribution >= 4 is 15.0 Å². The molecule has 1 rings (SSSR count). The summed E-state index contributed by atoms with van der Waals surface area (Å²) in [5.74, 6) is 0.351. The number of esters is 1. The van der Waals surface area contributed by atoms with Gasteiger partial charge in [0.2, 0.25) is 9.04 Å². The zero-order valence-corrected chi connectivity index (χ0v) is 13.2. The minimum atomic E-state index is -1.29. The molecule has 0 N–H and O–H groups in total. The Morgan fingerprint density at radius 2 is 1.83 bits per heavy atom. The van der Waals surface area contributed by atoms with E-state index in [0.717, 1.165) is 5.56 Å². The molecule has 100 valence electrons. The Hall–Kier alpha value is -1.29. The van der Waals surface area contributed by atoms with E-state index in [9.17, 15) is 4.79 Å². The number of methoxy groups -OCH3 is 1. The first-order chi connectivity index (χ1) is 8.27. The van der Waals surface area contributed by atoms with Gasteiger partial charge in [0.25, 0.3) is 0 Å². The van der Waals surface area contributed by atoms with Crippen LogP contribution in [0.25, 0.3) is 0 Å². The van der Waals surface area contributed by atoms with Crippen molar-refractivity contribution in [3.05, 3.63) is 29.3 Å². The molecule has 18 heavy (non-hydrogen) atoms. The van der Waals surface area contributed by atoms with Crippen molar-refractivity contribution in [3.63, 3.8) is 0 Å². The highest BCUT2D eigenvalue weighted by Crippen LogP contribution is 2.34. The van der Waals surface area contributed by atoms with Crippen LogP contribution in [0.3, 0.4) is 0 Å². The monoisotopic (exact) mass is 266 g/mol. The number of carbonyl (C=O) groups is 1. The third kappa shape index (κ3) is 3.35. The summed E-state index contributed by atoms with van der Waals surface area (Å²) < 4.78 is 10.8. The fraction of sp³-hybridized carbons (Fsp3) is 0.500. The molecular weight excluding hydrogens is 244 g/mol. The van der Waals surface area contributed by atoms with E-state index in [0.29, 0.717) is 11.3 Å². The number of rotatable bonds is 3. The molecule has 0 spiro atoms. The highest BCUT2D eigenvalue weighted by atomic mass is 28.3. The van der Waals surface area contributed by atoms with Crippen LogP contribution < -0.4 is 4.43 Å². The van der Waals surface area contributed by atoms with Crippen molar-refractivity contribution in [2.24, 2.45) is 0 Å². The molecule has 0 fully saturated rings. The summed E-state index contributed by atoms with van der Waals surface area (Å²) in [7, 11) is 0.106. The molecule has 0 aromatic heterocycles. The van der Waals surface area contributed by atoms with Gasteiger partial charge in [-0.3, -0.25) is 0 Å². The molecule has 0 radical (unpaired) electrons. The fourth-order valence-corrected chi connectivity index (χ4v) is 2.49. The highest BCUT2D eigenvalue weighted by Gasteiger charge is 2.24. The summed E-state index contributed by atoms with van der Waals surface area (Å²) >= 11 is 0. The number of hydrogen-bond donors (Lipinski definition) is 0. The number of carbonyl (C=O) groups excluding carboxylic acids is 1. The normalized spacial score (nSPS) is 11.5. The van der Waals surface area contributed by atoms with E-state index in [4.69, 9.17) is 9.16 Å². The van der Waals surface area contributed by atoms with Crippen LogP contribution in [0.15, 0.2) is 18.2 Å². The summed E-state index contributed by atoms with van der Waals surface area (Å²) in [5.41, 5.74) is 1.50. The standard InChI is InChI=1S/C14H22O3Si/c1-14(2,3)11-9-7-8-10(13(15)16-4)12(11)17-18(5)6/h7-9,18H,1-6H3. The molecule has 0 saturated heterocycles. The Morgan fingerprint density at radius 1 is 1.22 bits per heavy atom. The largest absolute Gasteiger partial charge is 0.546 e. The second kappa shape index (κ2) is 5.57.